The molecule has 2 aromatic rings. The molecule has 0 bridgehead atoms. The average molecular weight is 368 g/mol. The molecule has 0 fully saturated rings. The molecule has 130 valence electrons. The zero-order valence-electron chi connectivity index (χ0n) is 13.8. The van der Waals surface area contributed by atoms with E-state index >= 15 is 0 Å². The molecule has 0 spiro atoms. The van der Waals surface area contributed by atoms with Crippen molar-refractivity contribution in [3.8, 4) is 0 Å². The number of nitrogens with zero attached hydrogens (tertiary/aromatic N) is 2. The van der Waals surface area contributed by atoms with E-state index in [0.29, 0.717) is 4.90 Å². The summed E-state index contributed by atoms with van der Waals surface area (Å²) in [6, 6.07) is 13.2. The van der Waals surface area contributed by atoms with Crippen LogP contribution in [0.3, 0.4) is 0 Å². The molecule has 2 aromatic carbocycles. The number of hydrogen-bond acceptors (Lipinski definition) is 4. The summed E-state index contributed by atoms with van der Waals surface area (Å²) in [6.45, 7) is 1.61. The Morgan fingerprint density at radius 3 is 2.58 bits per heavy atom. The molecule has 1 aliphatic rings. The highest BCUT2D eigenvalue weighted by Crippen LogP contribution is 2.32. The fourth-order valence-electron chi connectivity index (χ4n) is 2.87. The Kier molecular flexibility index (Phi) is 5.42. The van der Waals surface area contributed by atoms with Crippen molar-refractivity contribution in [2.45, 2.75) is 17.9 Å². The van der Waals surface area contributed by atoms with Gasteiger partial charge >= 0.3 is 0 Å². The van der Waals surface area contributed by atoms with Gasteiger partial charge in [0, 0.05) is 38.6 Å². The number of nitrogen functional groups attached to an aromatic ring is 1. The lowest BCUT2D eigenvalue weighted by Gasteiger charge is -2.21. The summed E-state index contributed by atoms with van der Waals surface area (Å²) in [5.41, 5.74) is 9.89. The first-order valence-electron chi connectivity index (χ1n) is 7.53. The summed E-state index contributed by atoms with van der Waals surface area (Å²) in [6.07, 6.45) is 0.930. The van der Waals surface area contributed by atoms with Gasteiger partial charge in [-0.25, -0.2) is 12.7 Å². The van der Waals surface area contributed by atoms with Crippen molar-refractivity contribution < 1.29 is 8.42 Å². The first-order valence-corrected chi connectivity index (χ1v) is 8.97. The molecular weight excluding hydrogens is 346 g/mol. The summed E-state index contributed by atoms with van der Waals surface area (Å²) in [4.78, 5) is 2.54. The fourth-order valence-corrected chi connectivity index (χ4v) is 3.79. The molecule has 3 rings (SSSR count). The molecule has 0 aromatic heterocycles. The van der Waals surface area contributed by atoms with Gasteiger partial charge in [0.2, 0.25) is 10.0 Å². The number of benzene rings is 2. The topological polar surface area (TPSA) is 66.6 Å². The van der Waals surface area contributed by atoms with Gasteiger partial charge in [-0.1, -0.05) is 18.2 Å². The molecule has 0 atom stereocenters. The maximum Gasteiger partial charge on any atom is 0.242 e. The monoisotopic (exact) mass is 367 g/mol. The standard InChI is InChI=1S/C17H21N3O2S.ClH/c1-19(2)23(21,22)16-7-6-14-8-9-20(17(14)11-16)12-13-4-3-5-15(18)10-13;/h3-7,10-11H,8-9,12,18H2,1-2H3;1H. The quantitative estimate of drug-likeness (QED) is 0.843. The summed E-state index contributed by atoms with van der Waals surface area (Å²) in [7, 11) is -0.317. The van der Waals surface area contributed by atoms with E-state index in [1.165, 1.54) is 9.87 Å². The number of halogens is 1. The van der Waals surface area contributed by atoms with Crippen molar-refractivity contribution in [1.82, 2.24) is 4.31 Å². The van der Waals surface area contributed by atoms with Crippen LogP contribution in [0.4, 0.5) is 11.4 Å². The third-order valence-electron chi connectivity index (χ3n) is 4.15. The maximum atomic E-state index is 12.3. The minimum atomic E-state index is -3.41. The van der Waals surface area contributed by atoms with Crippen LogP contribution in [0.2, 0.25) is 0 Å². The lowest BCUT2D eigenvalue weighted by atomic mass is 10.1. The Hall–Kier alpha value is -1.76. The van der Waals surface area contributed by atoms with Gasteiger partial charge in [-0.3, -0.25) is 0 Å². The second-order valence-electron chi connectivity index (χ2n) is 5.99. The highest BCUT2D eigenvalue weighted by Gasteiger charge is 2.24. The Bertz CT molecular complexity index is 837. The van der Waals surface area contributed by atoms with Crippen molar-refractivity contribution in [2.24, 2.45) is 0 Å². The van der Waals surface area contributed by atoms with Crippen LogP contribution >= 0.6 is 12.4 Å². The normalized spacial score (nSPS) is 13.7. The van der Waals surface area contributed by atoms with Crippen LogP contribution in [0.1, 0.15) is 11.1 Å². The molecule has 24 heavy (non-hydrogen) atoms. The molecule has 2 N–H and O–H groups in total. The highest BCUT2D eigenvalue weighted by molar-refractivity contribution is 7.89. The molecule has 0 saturated heterocycles. The van der Waals surface area contributed by atoms with E-state index in [4.69, 9.17) is 5.73 Å². The second kappa shape index (κ2) is 7.01. The van der Waals surface area contributed by atoms with Gasteiger partial charge in [0.15, 0.2) is 0 Å². The molecule has 1 heterocycles. The largest absolute Gasteiger partial charge is 0.399 e. The number of nitrogens with two attached hydrogens (primary N) is 1. The van der Waals surface area contributed by atoms with Crippen molar-refractivity contribution in [2.75, 3.05) is 31.3 Å². The Morgan fingerprint density at radius 1 is 1.17 bits per heavy atom. The van der Waals surface area contributed by atoms with Gasteiger partial charge in [-0.05, 0) is 41.8 Å². The second-order valence-corrected chi connectivity index (χ2v) is 8.15. The SMILES string of the molecule is CN(C)S(=O)(=O)c1ccc2c(c1)N(Cc1cccc(N)c1)CC2.Cl. The Morgan fingerprint density at radius 2 is 1.92 bits per heavy atom. The van der Waals surface area contributed by atoms with Crippen LogP contribution in [-0.4, -0.2) is 33.4 Å². The van der Waals surface area contributed by atoms with Gasteiger partial charge < -0.3 is 10.6 Å². The molecular formula is C17H22ClN3O2S. The molecule has 0 amide bonds. The van der Waals surface area contributed by atoms with E-state index in [1.807, 2.05) is 30.3 Å². The van der Waals surface area contributed by atoms with Crippen LogP contribution in [0, 0.1) is 0 Å². The smallest absolute Gasteiger partial charge is 0.242 e. The summed E-state index contributed by atoms with van der Waals surface area (Å²) in [5.74, 6) is 0. The van der Waals surface area contributed by atoms with Crippen LogP contribution in [-0.2, 0) is 23.0 Å². The van der Waals surface area contributed by atoms with E-state index in [0.717, 1.165) is 36.4 Å². The summed E-state index contributed by atoms with van der Waals surface area (Å²) >= 11 is 0. The molecule has 0 saturated carbocycles. The van der Waals surface area contributed by atoms with E-state index in [1.54, 1.807) is 26.2 Å². The predicted octanol–water partition coefficient (Wildman–Crippen LogP) is 2.50. The van der Waals surface area contributed by atoms with Gasteiger partial charge in [-0.15, -0.1) is 12.4 Å². The van der Waals surface area contributed by atoms with Gasteiger partial charge in [-0.2, -0.15) is 0 Å². The molecule has 0 unspecified atom stereocenters. The van der Waals surface area contributed by atoms with Crippen LogP contribution in [0.5, 0.6) is 0 Å². The number of sulfonamides is 1. The average Bonchev–Trinajstić information content (AvgIpc) is 2.89. The zero-order valence-corrected chi connectivity index (χ0v) is 15.4. The van der Waals surface area contributed by atoms with E-state index in [2.05, 4.69) is 4.90 Å². The molecule has 7 heteroatoms. The number of fused-ring (bicyclic) bond motifs is 1. The summed E-state index contributed by atoms with van der Waals surface area (Å²) in [5, 5.41) is 0. The number of hydrogen-bond donors (Lipinski definition) is 1. The van der Waals surface area contributed by atoms with Crippen molar-refractivity contribution in [3.63, 3.8) is 0 Å². The number of rotatable bonds is 4. The van der Waals surface area contributed by atoms with Crippen LogP contribution in [0.15, 0.2) is 47.4 Å². The molecule has 0 radical (unpaired) electrons. The van der Waals surface area contributed by atoms with Gasteiger partial charge in [0.25, 0.3) is 0 Å². The first kappa shape index (κ1) is 18.6. The van der Waals surface area contributed by atoms with Gasteiger partial charge in [0.05, 0.1) is 4.90 Å². The zero-order chi connectivity index (χ0) is 16.6. The minimum Gasteiger partial charge on any atom is -0.399 e. The van der Waals surface area contributed by atoms with Crippen LogP contribution < -0.4 is 10.6 Å². The maximum absolute atomic E-state index is 12.3. The Balaban J connectivity index is 0.00000208. The van der Waals surface area contributed by atoms with Crippen LogP contribution in [0.25, 0.3) is 0 Å². The van der Waals surface area contributed by atoms with Gasteiger partial charge in [0.1, 0.15) is 0 Å². The van der Waals surface area contributed by atoms with E-state index in [-0.39, 0.29) is 12.4 Å². The minimum absolute atomic E-state index is 0. The summed E-state index contributed by atoms with van der Waals surface area (Å²) < 4.78 is 25.9. The van der Waals surface area contributed by atoms with Crippen molar-refractivity contribution >= 4 is 33.8 Å². The predicted molar refractivity (Wildman–Crippen MR) is 100 cm³/mol. The third kappa shape index (κ3) is 3.50. The molecule has 1 aliphatic heterocycles. The fraction of sp³-hybridized carbons (Fsp3) is 0.294. The molecule has 0 aliphatic carbocycles. The lowest BCUT2D eigenvalue weighted by molar-refractivity contribution is 0.521. The van der Waals surface area contributed by atoms with Crippen molar-refractivity contribution in [3.05, 3.63) is 53.6 Å². The number of anilines is 2. The third-order valence-corrected chi connectivity index (χ3v) is 5.96. The Labute approximate surface area is 149 Å². The highest BCUT2D eigenvalue weighted by atomic mass is 35.5. The molecule has 5 nitrogen and oxygen atoms in total. The lowest BCUT2D eigenvalue weighted by Crippen LogP contribution is -2.23. The van der Waals surface area contributed by atoms with Crippen molar-refractivity contribution in [1.29, 1.82) is 0 Å². The van der Waals surface area contributed by atoms with E-state index < -0.39 is 10.0 Å². The first-order chi connectivity index (χ1) is 10.9. The van der Waals surface area contributed by atoms with E-state index in [9.17, 15) is 8.42 Å².